The maximum absolute atomic E-state index is 12.8. The van der Waals surface area contributed by atoms with Crippen LogP contribution in [-0.2, 0) is 11.3 Å². The number of carbonyl (C=O) groups is 2. The minimum absolute atomic E-state index is 0.0461. The number of halogens is 1. The van der Waals surface area contributed by atoms with E-state index in [-0.39, 0.29) is 18.1 Å². The van der Waals surface area contributed by atoms with E-state index >= 15 is 0 Å². The fourth-order valence-corrected chi connectivity index (χ4v) is 6.17. The van der Waals surface area contributed by atoms with Crippen molar-refractivity contribution < 1.29 is 19.4 Å². The van der Waals surface area contributed by atoms with Crippen molar-refractivity contribution in [3.05, 3.63) is 70.4 Å². The molecular weight excluding hydrogens is 552 g/mol. The molecule has 1 aromatic heterocycles. The van der Waals surface area contributed by atoms with Crippen molar-refractivity contribution in [3.8, 4) is 0 Å². The number of fused-ring (bicyclic) bond motifs is 1. The highest BCUT2D eigenvalue weighted by Gasteiger charge is 2.34. The molecule has 2 fully saturated rings. The maximum Gasteiger partial charge on any atom is 0.410 e. The van der Waals surface area contributed by atoms with E-state index in [1.165, 1.54) is 4.90 Å². The molecule has 42 heavy (non-hydrogen) atoms. The Hall–Kier alpha value is -3.52. The molecule has 9 heteroatoms. The van der Waals surface area contributed by atoms with Crippen molar-refractivity contribution >= 4 is 40.8 Å². The Bertz CT molecular complexity index is 1450. The quantitative estimate of drug-likeness (QED) is 0.329. The van der Waals surface area contributed by atoms with Crippen LogP contribution in [0.15, 0.2) is 48.5 Å². The molecule has 224 valence electrons. The number of carboxylic acid groups (broad SMARTS) is 1. The van der Waals surface area contributed by atoms with Gasteiger partial charge in [0.25, 0.3) is 0 Å². The normalized spacial score (nSPS) is 20.4. The molecule has 3 heterocycles. The minimum atomic E-state index is -0.836. The molecule has 5 rings (SSSR count). The van der Waals surface area contributed by atoms with Gasteiger partial charge in [-0.3, -0.25) is 4.68 Å². The lowest BCUT2D eigenvalue weighted by atomic mass is 9.87. The molecule has 3 aromatic rings. The van der Waals surface area contributed by atoms with E-state index in [0.717, 1.165) is 53.4 Å². The molecule has 2 atom stereocenters. The average Bonchev–Trinajstić information content (AvgIpc) is 3.29. The predicted octanol–water partition coefficient (Wildman–Crippen LogP) is 7.64. The van der Waals surface area contributed by atoms with Gasteiger partial charge in [0.15, 0.2) is 0 Å². The molecule has 2 aliphatic heterocycles. The zero-order valence-electron chi connectivity index (χ0n) is 24.9. The summed E-state index contributed by atoms with van der Waals surface area (Å²) in [5.41, 5.74) is 3.85. The van der Waals surface area contributed by atoms with E-state index in [4.69, 9.17) is 21.4 Å². The van der Waals surface area contributed by atoms with Crippen LogP contribution in [0.3, 0.4) is 0 Å². The molecule has 2 saturated heterocycles. The van der Waals surface area contributed by atoms with Crippen molar-refractivity contribution in [3.63, 3.8) is 0 Å². The van der Waals surface area contributed by atoms with Gasteiger partial charge in [-0.05, 0) is 88.6 Å². The van der Waals surface area contributed by atoms with Gasteiger partial charge >= 0.3 is 12.2 Å². The number of ether oxygens (including phenoxy) is 1. The lowest BCUT2D eigenvalue weighted by molar-refractivity contribution is 0.0102. The van der Waals surface area contributed by atoms with Crippen molar-refractivity contribution in [2.75, 3.05) is 19.6 Å². The molecular formula is C33H41ClN4O4. The Morgan fingerprint density at radius 1 is 1.07 bits per heavy atom. The monoisotopic (exact) mass is 592 g/mol. The van der Waals surface area contributed by atoms with Gasteiger partial charge in [-0.2, -0.15) is 5.10 Å². The summed E-state index contributed by atoms with van der Waals surface area (Å²) >= 11 is 6.14. The third-order valence-electron chi connectivity index (χ3n) is 8.31. The van der Waals surface area contributed by atoms with Crippen LogP contribution in [0, 0.1) is 5.92 Å². The number of amides is 2. The number of likely N-dealkylation sites (tertiary alicyclic amines) is 2. The molecule has 0 bridgehead atoms. The number of nitrogens with zero attached hydrogens (tertiary/aromatic N) is 4. The highest BCUT2D eigenvalue weighted by Crippen LogP contribution is 2.36. The Morgan fingerprint density at radius 3 is 2.43 bits per heavy atom. The van der Waals surface area contributed by atoms with Crippen LogP contribution in [0.2, 0.25) is 5.02 Å². The molecule has 1 N–H and O–H groups in total. The summed E-state index contributed by atoms with van der Waals surface area (Å²) in [7, 11) is 0. The smallest absolute Gasteiger partial charge is 0.410 e. The van der Waals surface area contributed by atoms with E-state index in [1.54, 1.807) is 0 Å². The van der Waals surface area contributed by atoms with E-state index in [1.807, 2.05) is 49.9 Å². The highest BCUT2D eigenvalue weighted by atomic mass is 35.5. The SMILES string of the molecule is CC1CC(c2nn(Cc3ccc(Cl)cc3)c3cc(/C=C/C4CCN(C(=O)O)CC4)ccc23)CCN1C(=O)OC(C)(C)C. The number of hydrogen-bond acceptors (Lipinski definition) is 4. The number of hydrogen-bond donors (Lipinski definition) is 1. The number of benzene rings is 2. The first kappa shape index (κ1) is 30.0. The summed E-state index contributed by atoms with van der Waals surface area (Å²) in [6.45, 7) is 10.2. The zero-order valence-corrected chi connectivity index (χ0v) is 25.7. The number of allylic oxidation sites excluding steroid dienone is 1. The predicted molar refractivity (Wildman–Crippen MR) is 166 cm³/mol. The van der Waals surface area contributed by atoms with Gasteiger partial charge in [-0.25, -0.2) is 9.59 Å². The zero-order chi connectivity index (χ0) is 30.0. The maximum atomic E-state index is 12.8. The molecule has 8 nitrogen and oxygen atoms in total. The van der Waals surface area contributed by atoms with Crippen LogP contribution >= 0.6 is 11.6 Å². The Morgan fingerprint density at radius 2 is 1.79 bits per heavy atom. The standard InChI is InChI=1S/C33H41ClN4O4/c1-22-19-26(15-18-37(22)32(41)42-33(2,3)4)30-28-12-9-24(6-5-23-13-16-36(17-14-23)31(39)40)20-29(28)38(35-30)21-25-7-10-27(34)11-8-25/h5-12,20,22-23,26H,13-19,21H2,1-4H3,(H,39,40)/b6-5+. The molecule has 0 spiro atoms. The van der Waals surface area contributed by atoms with E-state index < -0.39 is 11.7 Å². The van der Waals surface area contributed by atoms with Gasteiger partial charge in [-0.1, -0.05) is 48.0 Å². The second kappa shape index (κ2) is 12.4. The van der Waals surface area contributed by atoms with Gasteiger partial charge in [-0.15, -0.1) is 0 Å². The fraction of sp³-hybridized carbons (Fsp3) is 0.485. The number of piperidine rings is 2. The van der Waals surface area contributed by atoms with Gasteiger partial charge in [0, 0.05) is 42.0 Å². The van der Waals surface area contributed by atoms with Gasteiger partial charge < -0.3 is 19.6 Å². The van der Waals surface area contributed by atoms with Crippen LogP contribution in [0.5, 0.6) is 0 Å². The van der Waals surface area contributed by atoms with E-state index in [0.29, 0.717) is 37.1 Å². The molecule has 2 aliphatic rings. The summed E-state index contributed by atoms with van der Waals surface area (Å²) in [4.78, 5) is 27.4. The van der Waals surface area contributed by atoms with Crippen molar-refractivity contribution in [2.45, 2.75) is 77.5 Å². The van der Waals surface area contributed by atoms with Gasteiger partial charge in [0.1, 0.15) is 5.60 Å². The Balaban J connectivity index is 1.39. The number of carbonyl (C=O) groups excluding carboxylic acids is 1. The first-order valence-corrected chi connectivity index (χ1v) is 15.3. The highest BCUT2D eigenvalue weighted by molar-refractivity contribution is 6.30. The second-order valence-electron chi connectivity index (χ2n) is 12.7. The molecule has 0 saturated carbocycles. The third-order valence-corrected chi connectivity index (χ3v) is 8.56. The first-order valence-electron chi connectivity index (χ1n) is 14.9. The summed E-state index contributed by atoms with van der Waals surface area (Å²) in [5, 5.41) is 16.3. The van der Waals surface area contributed by atoms with Crippen LogP contribution in [0.4, 0.5) is 9.59 Å². The summed E-state index contributed by atoms with van der Waals surface area (Å²) in [6.07, 6.45) is 6.61. The molecule has 0 aliphatic carbocycles. The summed E-state index contributed by atoms with van der Waals surface area (Å²) in [5.74, 6) is 0.593. The second-order valence-corrected chi connectivity index (χ2v) is 13.1. The van der Waals surface area contributed by atoms with Crippen LogP contribution in [-0.4, -0.2) is 68.2 Å². The Kier molecular flexibility index (Phi) is 8.83. The summed E-state index contributed by atoms with van der Waals surface area (Å²) in [6, 6.07) is 14.4. The van der Waals surface area contributed by atoms with E-state index in [9.17, 15) is 14.7 Å². The lowest BCUT2D eigenvalue weighted by Crippen LogP contribution is -2.46. The Labute approximate surface area is 252 Å². The summed E-state index contributed by atoms with van der Waals surface area (Å²) < 4.78 is 7.74. The lowest BCUT2D eigenvalue weighted by Gasteiger charge is -2.38. The largest absolute Gasteiger partial charge is 0.465 e. The minimum Gasteiger partial charge on any atom is -0.465 e. The topological polar surface area (TPSA) is 87.9 Å². The van der Waals surface area contributed by atoms with E-state index in [2.05, 4.69) is 42.0 Å². The van der Waals surface area contributed by atoms with Crippen LogP contribution in [0.25, 0.3) is 17.0 Å². The van der Waals surface area contributed by atoms with Crippen LogP contribution in [0.1, 0.15) is 76.1 Å². The molecule has 2 aromatic carbocycles. The van der Waals surface area contributed by atoms with Crippen LogP contribution < -0.4 is 0 Å². The average molecular weight is 593 g/mol. The van der Waals surface area contributed by atoms with Gasteiger partial charge in [0.05, 0.1) is 17.8 Å². The van der Waals surface area contributed by atoms with Crippen molar-refractivity contribution in [1.29, 1.82) is 0 Å². The molecule has 2 unspecified atom stereocenters. The van der Waals surface area contributed by atoms with Gasteiger partial charge in [0.2, 0.25) is 0 Å². The van der Waals surface area contributed by atoms with Crippen molar-refractivity contribution in [2.24, 2.45) is 5.92 Å². The molecule has 2 amide bonds. The number of rotatable bonds is 5. The third kappa shape index (κ3) is 7.09. The number of aromatic nitrogens is 2. The first-order chi connectivity index (χ1) is 20.0. The molecule has 0 radical (unpaired) electrons. The fourth-order valence-electron chi connectivity index (χ4n) is 6.05. The van der Waals surface area contributed by atoms with Crippen molar-refractivity contribution in [1.82, 2.24) is 19.6 Å².